The van der Waals surface area contributed by atoms with Gasteiger partial charge in [-0.15, -0.1) is 0 Å². The third-order valence-electron chi connectivity index (χ3n) is 5.20. The largest absolute Gasteiger partial charge is 1.00 e. The molecule has 30 heavy (non-hydrogen) atoms. The Kier molecular flexibility index (Phi) is 5.99. The maximum Gasteiger partial charge on any atom is 0.221 e. The smallest absolute Gasteiger partial charge is 0.221 e. The molecular weight excluding hydrogens is 406 g/mol. The Hall–Kier alpha value is -3.12. The molecule has 4 rings (SSSR count). The quantitative estimate of drug-likeness (QED) is 0.380. The lowest BCUT2D eigenvalue weighted by Gasteiger charge is -2.14. The summed E-state index contributed by atoms with van der Waals surface area (Å²) in [6.45, 7) is 2.46. The molecule has 158 valence electrons. The molecule has 0 bridgehead atoms. The van der Waals surface area contributed by atoms with Crippen molar-refractivity contribution < 1.29 is 41.0 Å². The van der Waals surface area contributed by atoms with E-state index in [4.69, 9.17) is 18.9 Å². The van der Waals surface area contributed by atoms with Gasteiger partial charge >= 0.3 is 0 Å². The standard InChI is InChI=1S/C23H23NO5.ClH/c1-6-29-19-10-16-14-9-22(28-5)21(27-4)7-13(14)12-24(2)23(16)17-11-20(26-3)18(25)8-15(17)19;/h7-12H,6H2,1-5H3;1H. The highest BCUT2D eigenvalue weighted by molar-refractivity contribution is 6.16. The van der Waals surface area contributed by atoms with E-state index < -0.39 is 0 Å². The molecule has 0 spiro atoms. The highest BCUT2D eigenvalue weighted by Gasteiger charge is 2.21. The molecule has 0 aliphatic carbocycles. The van der Waals surface area contributed by atoms with E-state index in [-0.39, 0.29) is 18.2 Å². The average Bonchev–Trinajstić information content (AvgIpc) is 2.72. The zero-order valence-corrected chi connectivity index (χ0v) is 18.3. The normalized spacial score (nSPS) is 10.8. The summed E-state index contributed by atoms with van der Waals surface area (Å²) < 4.78 is 24.3. The van der Waals surface area contributed by atoms with E-state index in [1.165, 1.54) is 0 Å². The molecule has 0 unspecified atom stereocenters. The van der Waals surface area contributed by atoms with Crippen LogP contribution in [-0.2, 0) is 7.05 Å². The van der Waals surface area contributed by atoms with Gasteiger partial charge in [0.2, 0.25) is 5.52 Å². The zero-order chi connectivity index (χ0) is 20.7. The highest BCUT2D eigenvalue weighted by atomic mass is 35.5. The van der Waals surface area contributed by atoms with Crippen molar-refractivity contribution in [3.63, 3.8) is 0 Å². The molecule has 0 saturated heterocycles. The first kappa shape index (κ1) is 21.6. The minimum absolute atomic E-state index is 0. The summed E-state index contributed by atoms with van der Waals surface area (Å²) in [6, 6.07) is 9.51. The van der Waals surface area contributed by atoms with E-state index in [0.717, 1.165) is 32.4 Å². The number of phenols is 1. The molecule has 7 heteroatoms. The van der Waals surface area contributed by atoms with Gasteiger partial charge in [0.15, 0.2) is 29.2 Å². The minimum Gasteiger partial charge on any atom is -1.00 e. The van der Waals surface area contributed by atoms with E-state index >= 15 is 0 Å². The second kappa shape index (κ2) is 8.32. The molecule has 0 atom stereocenters. The summed E-state index contributed by atoms with van der Waals surface area (Å²) in [4.78, 5) is 0. The molecular formula is C23H24ClNO5. The maximum atomic E-state index is 10.3. The van der Waals surface area contributed by atoms with Gasteiger partial charge in [0.05, 0.1) is 44.1 Å². The van der Waals surface area contributed by atoms with Crippen molar-refractivity contribution in [2.45, 2.75) is 6.92 Å². The first-order valence-electron chi connectivity index (χ1n) is 9.37. The van der Waals surface area contributed by atoms with Crippen molar-refractivity contribution in [2.75, 3.05) is 27.9 Å². The molecule has 1 N–H and O–H groups in total. The fourth-order valence-electron chi connectivity index (χ4n) is 3.92. The van der Waals surface area contributed by atoms with Crippen molar-refractivity contribution in [3.8, 4) is 28.7 Å². The number of aromatic nitrogens is 1. The Morgan fingerprint density at radius 1 is 0.767 bits per heavy atom. The van der Waals surface area contributed by atoms with E-state index in [0.29, 0.717) is 29.6 Å². The van der Waals surface area contributed by atoms with Gasteiger partial charge in [0.25, 0.3) is 0 Å². The van der Waals surface area contributed by atoms with Crippen molar-refractivity contribution >= 4 is 32.4 Å². The topological polar surface area (TPSA) is 61.0 Å². The second-order valence-electron chi connectivity index (χ2n) is 6.81. The first-order valence-corrected chi connectivity index (χ1v) is 9.37. The van der Waals surface area contributed by atoms with E-state index in [1.54, 1.807) is 27.4 Å². The van der Waals surface area contributed by atoms with Crippen LogP contribution in [0.15, 0.2) is 36.5 Å². The van der Waals surface area contributed by atoms with Gasteiger partial charge in [0.1, 0.15) is 12.8 Å². The van der Waals surface area contributed by atoms with Crippen LogP contribution in [0.1, 0.15) is 6.92 Å². The average molecular weight is 430 g/mol. The van der Waals surface area contributed by atoms with E-state index in [9.17, 15) is 5.11 Å². The third-order valence-corrected chi connectivity index (χ3v) is 5.20. The first-order chi connectivity index (χ1) is 14.0. The summed E-state index contributed by atoms with van der Waals surface area (Å²) in [5.74, 6) is 2.54. The molecule has 4 aromatic rings. The number of aromatic hydroxyl groups is 1. The van der Waals surface area contributed by atoms with Gasteiger partial charge in [-0.1, -0.05) is 0 Å². The van der Waals surface area contributed by atoms with Gasteiger partial charge < -0.3 is 36.5 Å². The van der Waals surface area contributed by atoms with Crippen LogP contribution in [0.25, 0.3) is 32.4 Å². The fraction of sp³-hybridized carbons (Fsp3) is 0.261. The summed E-state index contributed by atoms with van der Waals surface area (Å²) >= 11 is 0. The van der Waals surface area contributed by atoms with Crippen LogP contribution in [0.3, 0.4) is 0 Å². The van der Waals surface area contributed by atoms with Crippen LogP contribution in [0.5, 0.6) is 28.7 Å². The molecule has 0 saturated carbocycles. The fourth-order valence-corrected chi connectivity index (χ4v) is 3.92. The van der Waals surface area contributed by atoms with Gasteiger partial charge in [-0.3, -0.25) is 0 Å². The lowest BCUT2D eigenvalue weighted by molar-refractivity contribution is -0.642. The number of hydrogen-bond donors (Lipinski definition) is 1. The van der Waals surface area contributed by atoms with Crippen molar-refractivity contribution in [3.05, 3.63) is 36.5 Å². The van der Waals surface area contributed by atoms with Crippen LogP contribution < -0.4 is 35.9 Å². The number of benzene rings is 3. The molecule has 0 aliphatic rings. The van der Waals surface area contributed by atoms with Crippen LogP contribution in [-0.4, -0.2) is 33.0 Å². The predicted molar refractivity (Wildman–Crippen MR) is 113 cm³/mol. The predicted octanol–water partition coefficient (Wildman–Crippen LogP) is 1.10. The van der Waals surface area contributed by atoms with Crippen LogP contribution in [0.2, 0.25) is 0 Å². The number of aryl methyl sites for hydroxylation is 1. The van der Waals surface area contributed by atoms with Crippen LogP contribution >= 0.6 is 0 Å². The molecule has 3 aromatic carbocycles. The molecule has 6 nitrogen and oxygen atoms in total. The van der Waals surface area contributed by atoms with Crippen LogP contribution in [0, 0.1) is 0 Å². The summed E-state index contributed by atoms with van der Waals surface area (Å²) in [5.41, 5.74) is 1.00. The number of pyridine rings is 1. The Bertz CT molecular complexity index is 1260. The highest BCUT2D eigenvalue weighted by Crippen LogP contribution is 2.42. The number of phenolic OH excluding ortho intramolecular Hbond substituents is 1. The lowest BCUT2D eigenvalue weighted by atomic mass is 9.99. The molecule has 1 aromatic heterocycles. The number of nitrogens with zero attached hydrogens (tertiary/aromatic N) is 1. The second-order valence-corrected chi connectivity index (χ2v) is 6.81. The molecule has 0 amide bonds. The number of methoxy groups -OCH3 is 3. The Morgan fingerprint density at radius 2 is 1.33 bits per heavy atom. The lowest BCUT2D eigenvalue weighted by Crippen LogP contribution is -3.00. The molecule has 0 aliphatic heterocycles. The molecule has 0 fully saturated rings. The summed E-state index contributed by atoms with van der Waals surface area (Å²) in [6.07, 6.45) is 2.05. The van der Waals surface area contributed by atoms with Gasteiger partial charge in [-0.25, -0.2) is 0 Å². The third kappa shape index (κ3) is 3.27. The summed E-state index contributed by atoms with van der Waals surface area (Å²) in [7, 11) is 6.80. The number of hydrogen-bond acceptors (Lipinski definition) is 5. The van der Waals surface area contributed by atoms with Crippen molar-refractivity contribution in [1.29, 1.82) is 0 Å². The Balaban J connectivity index is 0.00000256. The molecule has 1 heterocycles. The van der Waals surface area contributed by atoms with E-state index in [1.807, 2.05) is 38.2 Å². The monoisotopic (exact) mass is 429 g/mol. The van der Waals surface area contributed by atoms with Crippen LogP contribution in [0.4, 0.5) is 0 Å². The number of fused-ring (bicyclic) bond motifs is 5. The zero-order valence-electron chi connectivity index (χ0n) is 17.6. The van der Waals surface area contributed by atoms with Gasteiger partial charge in [0, 0.05) is 10.8 Å². The number of ether oxygens (including phenoxy) is 4. The van der Waals surface area contributed by atoms with Crippen molar-refractivity contribution in [1.82, 2.24) is 0 Å². The number of halogens is 1. The van der Waals surface area contributed by atoms with Crippen molar-refractivity contribution in [2.24, 2.45) is 7.05 Å². The minimum atomic E-state index is 0. The van der Waals surface area contributed by atoms with E-state index in [2.05, 4.69) is 10.8 Å². The van der Waals surface area contributed by atoms with Gasteiger partial charge in [-0.05, 0) is 37.3 Å². The Labute approximate surface area is 180 Å². The SMILES string of the molecule is CCOc1cc2c3cc(OC)c(OC)cc3c[n+](C)c2c2cc(OC)c(O)cc12.[Cl-]. The van der Waals surface area contributed by atoms with Gasteiger partial charge in [-0.2, -0.15) is 4.57 Å². The summed E-state index contributed by atoms with van der Waals surface area (Å²) in [5, 5.41) is 15.1. The Morgan fingerprint density at radius 3 is 1.97 bits per heavy atom. The number of rotatable bonds is 5. The maximum absolute atomic E-state index is 10.3. The molecule has 0 radical (unpaired) electrons.